The topological polar surface area (TPSA) is 55.6 Å². The van der Waals surface area contributed by atoms with E-state index in [1.807, 2.05) is 19.3 Å². The summed E-state index contributed by atoms with van der Waals surface area (Å²) in [6.45, 7) is 10.6. The molecule has 0 unspecified atom stereocenters. The fourth-order valence-corrected chi connectivity index (χ4v) is 2.35. The van der Waals surface area contributed by atoms with Crippen LogP contribution in [0.5, 0.6) is 0 Å². The molecule has 0 atom stereocenters. The lowest BCUT2D eigenvalue weighted by atomic mass is 10.1. The van der Waals surface area contributed by atoms with Crippen molar-refractivity contribution in [2.24, 2.45) is 13.0 Å². The summed E-state index contributed by atoms with van der Waals surface area (Å²) in [5, 5.41) is 7.83. The molecule has 2 rings (SSSR count). The summed E-state index contributed by atoms with van der Waals surface area (Å²) in [4.78, 5) is 9.23. The van der Waals surface area contributed by atoms with Crippen molar-refractivity contribution in [1.82, 2.24) is 25.1 Å². The molecule has 2 aromatic rings. The molecular weight excluding hydrogens is 262 g/mol. The first-order valence-electron chi connectivity index (χ1n) is 7.52. The van der Waals surface area contributed by atoms with E-state index in [-0.39, 0.29) is 0 Å². The Morgan fingerprint density at radius 2 is 1.86 bits per heavy atom. The zero-order chi connectivity index (χ0) is 15.4. The lowest BCUT2D eigenvalue weighted by Gasteiger charge is -2.11. The maximum Gasteiger partial charge on any atom is 0.180 e. The van der Waals surface area contributed by atoms with Gasteiger partial charge in [-0.1, -0.05) is 13.8 Å². The van der Waals surface area contributed by atoms with Gasteiger partial charge in [-0.3, -0.25) is 4.68 Å². The van der Waals surface area contributed by atoms with Crippen molar-refractivity contribution >= 4 is 0 Å². The van der Waals surface area contributed by atoms with Crippen molar-refractivity contribution < 1.29 is 0 Å². The third-order valence-electron chi connectivity index (χ3n) is 3.47. The van der Waals surface area contributed by atoms with Crippen molar-refractivity contribution in [3.8, 4) is 11.5 Å². The number of nitrogens with zero attached hydrogens (tertiary/aromatic N) is 4. The van der Waals surface area contributed by atoms with Crippen LogP contribution in [0, 0.1) is 19.8 Å². The highest BCUT2D eigenvalue weighted by atomic mass is 15.3. The van der Waals surface area contributed by atoms with E-state index in [4.69, 9.17) is 0 Å². The van der Waals surface area contributed by atoms with Gasteiger partial charge < -0.3 is 5.32 Å². The van der Waals surface area contributed by atoms with Gasteiger partial charge >= 0.3 is 0 Å². The molecular formula is C16H25N5. The third kappa shape index (κ3) is 4.11. The molecule has 5 nitrogen and oxygen atoms in total. The van der Waals surface area contributed by atoms with Crippen molar-refractivity contribution in [3.63, 3.8) is 0 Å². The molecule has 0 aliphatic carbocycles. The predicted octanol–water partition coefficient (Wildman–Crippen LogP) is 2.28. The molecule has 0 aliphatic rings. The second-order valence-corrected chi connectivity index (χ2v) is 5.92. The second kappa shape index (κ2) is 6.80. The molecule has 0 amide bonds. The first-order valence-corrected chi connectivity index (χ1v) is 7.52. The summed E-state index contributed by atoms with van der Waals surface area (Å²) in [7, 11) is 1.90. The largest absolute Gasteiger partial charge is 0.316 e. The Labute approximate surface area is 126 Å². The number of aryl methyl sites for hydroxylation is 3. The molecule has 5 heteroatoms. The van der Waals surface area contributed by atoms with E-state index >= 15 is 0 Å². The molecule has 0 saturated carbocycles. The van der Waals surface area contributed by atoms with E-state index in [9.17, 15) is 0 Å². The number of nitrogens with one attached hydrogen (secondary N) is 1. The Hall–Kier alpha value is -1.75. The molecule has 0 aromatic carbocycles. The number of hydrogen-bond acceptors (Lipinski definition) is 4. The fourth-order valence-electron chi connectivity index (χ4n) is 2.35. The highest BCUT2D eigenvalue weighted by molar-refractivity contribution is 5.49. The van der Waals surface area contributed by atoms with Crippen LogP contribution in [-0.2, 0) is 13.5 Å². The van der Waals surface area contributed by atoms with Gasteiger partial charge in [-0.2, -0.15) is 5.10 Å². The molecule has 0 radical (unpaired) electrons. The maximum absolute atomic E-state index is 4.62. The first-order chi connectivity index (χ1) is 9.97. The molecule has 2 aromatic heterocycles. The Kier molecular flexibility index (Phi) is 5.07. The molecule has 114 valence electrons. The van der Waals surface area contributed by atoms with E-state index in [1.54, 1.807) is 4.68 Å². The van der Waals surface area contributed by atoms with E-state index < -0.39 is 0 Å². The first kappa shape index (κ1) is 15.6. The van der Waals surface area contributed by atoms with Gasteiger partial charge in [0.25, 0.3) is 0 Å². The zero-order valence-electron chi connectivity index (χ0n) is 13.6. The fraction of sp³-hybridized carbons (Fsp3) is 0.562. The predicted molar refractivity (Wildman–Crippen MR) is 85.1 cm³/mol. The number of aromatic nitrogens is 4. The van der Waals surface area contributed by atoms with Crippen LogP contribution in [0.3, 0.4) is 0 Å². The minimum atomic E-state index is 0.676. The summed E-state index contributed by atoms with van der Waals surface area (Å²) >= 11 is 0. The van der Waals surface area contributed by atoms with Gasteiger partial charge in [-0.15, -0.1) is 0 Å². The molecule has 1 N–H and O–H groups in total. The Morgan fingerprint density at radius 1 is 1.19 bits per heavy atom. The van der Waals surface area contributed by atoms with Crippen molar-refractivity contribution in [1.29, 1.82) is 0 Å². The highest BCUT2D eigenvalue weighted by Crippen LogP contribution is 2.17. The molecule has 0 aliphatic heterocycles. The number of hydrogen-bond donors (Lipinski definition) is 1. The molecule has 0 spiro atoms. The SMILES string of the molecule is Cc1nc(-c2ccn(C)n2)nc(C)c1CCNCC(C)C. The van der Waals surface area contributed by atoms with Crippen LogP contribution in [-0.4, -0.2) is 32.8 Å². The van der Waals surface area contributed by atoms with Crippen LogP contribution in [0.2, 0.25) is 0 Å². The summed E-state index contributed by atoms with van der Waals surface area (Å²) in [6, 6.07) is 1.94. The van der Waals surface area contributed by atoms with Crippen LogP contribution in [0.1, 0.15) is 30.8 Å². The second-order valence-electron chi connectivity index (χ2n) is 5.92. The quantitative estimate of drug-likeness (QED) is 0.828. The van der Waals surface area contributed by atoms with Gasteiger partial charge in [0.2, 0.25) is 0 Å². The lowest BCUT2D eigenvalue weighted by Crippen LogP contribution is -2.23. The Bertz CT molecular complexity index is 577. The molecule has 2 heterocycles. The lowest BCUT2D eigenvalue weighted by molar-refractivity contribution is 0.553. The van der Waals surface area contributed by atoms with Crippen LogP contribution < -0.4 is 5.32 Å². The molecule has 0 saturated heterocycles. The number of rotatable bonds is 6. The van der Waals surface area contributed by atoms with E-state index in [0.29, 0.717) is 11.7 Å². The van der Waals surface area contributed by atoms with Crippen LogP contribution in [0.15, 0.2) is 12.3 Å². The normalized spacial score (nSPS) is 11.3. The van der Waals surface area contributed by atoms with Gasteiger partial charge in [0.15, 0.2) is 5.82 Å². The van der Waals surface area contributed by atoms with Crippen molar-refractivity contribution in [3.05, 3.63) is 29.2 Å². The summed E-state index contributed by atoms with van der Waals surface area (Å²) in [5.41, 5.74) is 4.17. The van der Waals surface area contributed by atoms with E-state index in [1.165, 1.54) is 5.56 Å². The highest BCUT2D eigenvalue weighted by Gasteiger charge is 2.11. The smallest absolute Gasteiger partial charge is 0.180 e. The minimum Gasteiger partial charge on any atom is -0.316 e. The van der Waals surface area contributed by atoms with Crippen molar-refractivity contribution in [2.75, 3.05) is 13.1 Å². The van der Waals surface area contributed by atoms with Gasteiger partial charge in [0, 0.05) is 24.6 Å². The molecule has 21 heavy (non-hydrogen) atoms. The maximum atomic E-state index is 4.62. The van der Waals surface area contributed by atoms with Gasteiger partial charge in [-0.25, -0.2) is 9.97 Å². The summed E-state index contributed by atoms with van der Waals surface area (Å²) in [6.07, 6.45) is 2.87. The van der Waals surface area contributed by atoms with E-state index in [2.05, 4.69) is 48.1 Å². The standard InChI is InChI=1S/C16H25N5/c1-11(2)10-17-8-6-14-12(3)18-16(19-13(14)4)15-7-9-21(5)20-15/h7,9,11,17H,6,8,10H2,1-5H3. The zero-order valence-corrected chi connectivity index (χ0v) is 13.6. The van der Waals surface area contributed by atoms with Crippen LogP contribution in [0.4, 0.5) is 0 Å². The molecule has 0 bridgehead atoms. The van der Waals surface area contributed by atoms with Gasteiger partial charge in [-0.05, 0) is 50.9 Å². The Balaban J connectivity index is 2.10. The van der Waals surface area contributed by atoms with Crippen LogP contribution >= 0.6 is 0 Å². The van der Waals surface area contributed by atoms with Crippen LogP contribution in [0.25, 0.3) is 11.5 Å². The average molecular weight is 287 g/mol. The summed E-state index contributed by atoms with van der Waals surface area (Å²) in [5.74, 6) is 1.39. The van der Waals surface area contributed by atoms with Gasteiger partial charge in [0.1, 0.15) is 5.69 Å². The van der Waals surface area contributed by atoms with Gasteiger partial charge in [0.05, 0.1) is 0 Å². The van der Waals surface area contributed by atoms with E-state index in [0.717, 1.165) is 36.6 Å². The summed E-state index contributed by atoms with van der Waals surface area (Å²) < 4.78 is 1.77. The minimum absolute atomic E-state index is 0.676. The van der Waals surface area contributed by atoms with Crippen molar-refractivity contribution in [2.45, 2.75) is 34.1 Å². The average Bonchev–Trinajstić information content (AvgIpc) is 2.83. The third-order valence-corrected chi connectivity index (χ3v) is 3.47. The monoisotopic (exact) mass is 287 g/mol. The molecule has 0 fully saturated rings. The Morgan fingerprint density at radius 3 is 2.38 bits per heavy atom.